The summed E-state index contributed by atoms with van der Waals surface area (Å²) in [4.78, 5) is 0. The topological polar surface area (TPSA) is 0 Å². The molecule has 286 valence electrons. The normalized spacial score (nSPS) is 21.8. The van der Waals surface area contributed by atoms with Crippen LogP contribution in [0.5, 0.6) is 0 Å². The van der Waals surface area contributed by atoms with E-state index in [2.05, 4.69) is 232 Å². The minimum atomic E-state index is -0.989. The molecule has 0 atom stereocenters. The van der Waals surface area contributed by atoms with Gasteiger partial charge >= 0.3 is 0 Å². The number of hydrogen-bond donors (Lipinski definition) is 0. The number of benzene rings is 8. The van der Waals surface area contributed by atoms with Gasteiger partial charge in [0.2, 0.25) is 0 Å². The molecule has 0 unspecified atom stereocenters. The zero-order valence-electron chi connectivity index (χ0n) is 33.8. The van der Waals surface area contributed by atoms with E-state index in [9.17, 15) is 0 Å². The molecule has 0 fully saturated rings. The number of rotatable bonds is 7. The quantitative estimate of drug-likeness (QED) is 0.141. The van der Waals surface area contributed by atoms with Gasteiger partial charge in [0.15, 0.2) is 0 Å². The average molecular weight is 803 g/mol. The Kier molecular flexibility index (Phi) is 8.29. The summed E-state index contributed by atoms with van der Waals surface area (Å²) in [5, 5.41) is 8.79. The van der Waals surface area contributed by atoms with Crippen molar-refractivity contribution in [1.29, 1.82) is 0 Å². The summed E-state index contributed by atoms with van der Waals surface area (Å²) >= 11 is 0. The van der Waals surface area contributed by atoms with E-state index in [0.717, 1.165) is 0 Å². The van der Waals surface area contributed by atoms with Gasteiger partial charge in [-0.2, -0.15) is 0 Å². The van der Waals surface area contributed by atoms with Gasteiger partial charge in [0, 0.05) is 22.7 Å². The van der Waals surface area contributed by atoms with E-state index in [4.69, 9.17) is 0 Å². The van der Waals surface area contributed by atoms with E-state index in [-0.39, 0.29) is 11.8 Å². The first-order chi connectivity index (χ1) is 29.6. The van der Waals surface area contributed by atoms with E-state index in [0.29, 0.717) is 0 Å². The highest BCUT2D eigenvalue weighted by molar-refractivity contribution is 7.77. The third kappa shape index (κ3) is 4.93. The Balaban J connectivity index is 1.33. The smallest absolute Gasteiger partial charge is 0.0436 e. The zero-order chi connectivity index (χ0) is 40.0. The molecule has 0 heterocycles. The molecule has 8 aromatic carbocycles. The fraction of sp³-hybridized carbons (Fsp3) is 0.103. The largest absolute Gasteiger partial charge is 0.0622 e. The molecule has 0 nitrogen and oxygen atoms in total. The third-order valence-corrected chi connectivity index (χ3v) is 19.3. The van der Waals surface area contributed by atoms with Crippen molar-refractivity contribution in [3.63, 3.8) is 0 Å². The molecule has 0 saturated carbocycles. The van der Waals surface area contributed by atoms with Crippen LogP contribution in [0.3, 0.4) is 0 Å². The van der Waals surface area contributed by atoms with Crippen LogP contribution in [0.15, 0.2) is 240 Å². The predicted octanol–water partition coefficient (Wildman–Crippen LogP) is 12.7. The van der Waals surface area contributed by atoms with Gasteiger partial charge in [0.25, 0.3) is 0 Å². The summed E-state index contributed by atoms with van der Waals surface area (Å²) in [6, 6.07) is 83.9. The summed E-state index contributed by atoms with van der Waals surface area (Å²) in [5.74, 6) is 0.201. The van der Waals surface area contributed by atoms with Gasteiger partial charge in [-0.3, -0.25) is 0 Å². The summed E-state index contributed by atoms with van der Waals surface area (Å²) in [6.45, 7) is 5.19. The van der Waals surface area contributed by atoms with Crippen molar-refractivity contribution in [2.75, 3.05) is 0 Å². The van der Waals surface area contributed by atoms with E-state index < -0.39 is 26.7 Å². The second kappa shape index (κ2) is 13.8. The Morgan fingerprint density at radius 3 is 0.750 bits per heavy atom. The summed E-state index contributed by atoms with van der Waals surface area (Å²) in [7, 11) is -1.98. The molecule has 0 radical (unpaired) electrons. The van der Waals surface area contributed by atoms with Gasteiger partial charge < -0.3 is 0 Å². The van der Waals surface area contributed by atoms with Crippen LogP contribution in [0.4, 0.5) is 0 Å². The SMILES string of the molecule is CC12C(C3=C(P(c4ccccc4)c4ccccc4)C4c5ccccc5C3(C)c3ccccc34)=C(P(c3ccccc3)c3ccccc3)C(c3ccccc31)c1ccccc12. The van der Waals surface area contributed by atoms with Crippen molar-refractivity contribution in [2.24, 2.45) is 0 Å². The molecule has 4 bridgehead atoms. The van der Waals surface area contributed by atoms with Crippen molar-refractivity contribution in [3.05, 3.63) is 285 Å². The van der Waals surface area contributed by atoms with Crippen LogP contribution < -0.4 is 21.2 Å². The van der Waals surface area contributed by atoms with E-state index in [1.54, 1.807) is 21.8 Å². The molecular weight excluding hydrogens is 759 g/mol. The van der Waals surface area contributed by atoms with Crippen LogP contribution in [0.25, 0.3) is 0 Å². The van der Waals surface area contributed by atoms with Crippen molar-refractivity contribution in [1.82, 2.24) is 0 Å². The lowest BCUT2D eigenvalue weighted by Gasteiger charge is -2.58. The van der Waals surface area contributed by atoms with Gasteiger partial charge in [-0.25, -0.2) is 0 Å². The average Bonchev–Trinajstić information content (AvgIpc) is 3.31. The summed E-state index contributed by atoms with van der Waals surface area (Å²) in [5.41, 5.74) is 13.9. The fourth-order valence-electron chi connectivity index (χ4n) is 11.8. The van der Waals surface area contributed by atoms with Gasteiger partial charge in [-0.1, -0.05) is 218 Å². The summed E-state index contributed by atoms with van der Waals surface area (Å²) < 4.78 is 0. The molecule has 0 aromatic heterocycles. The first-order valence-electron chi connectivity index (χ1n) is 21.3. The van der Waals surface area contributed by atoms with E-state index in [1.165, 1.54) is 65.7 Å². The monoisotopic (exact) mass is 802 g/mol. The number of allylic oxidation sites excluding steroid dienone is 4. The molecule has 2 heteroatoms. The first kappa shape index (κ1) is 36.0. The van der Waals surface area contributed by atoms with Crippen LogP contribution in [-0.2, 0) is 10.8 Å². The fourth-order valence-corrected chi connectivity index (χ4v) is 17.6. The van der Waals surface area contributed by atoms with Crippen molar-refractivity contribution < 1.29 is 0 Å². The number of hydrogen-bond acceptors (Lipinski definition) is 0. The van der Waals surface area contributed by atoms with Crippen LogP contribution in [0, 0.1) is 0 Å². The Morgan fingerprint density at radius 1 is 0.283 bits per heavy atom. The standard InChI is InChI=1S/C58H44P2/c1-57-47-35-19-15-31-43(47)51(44-32-16-20-36-48(44)57)55(59(39-23-7-3-8-24-39)40-25-9-4-10-26-40)53(57)54-56(60(41-27-11-5-12-28-41)42-29-13-6-14-30-42)52-45-33-17-21-37-49(45)58(54,2)50-38-22-18-34-46(50)52/h3-38,51-52H,1-2H3. The van der Waals surface area contributed by atoms with Crippen LogP contribution in [0.1, 0.15) is 70.2 Å². The summed E-state index contributed by atoms with van der Waals surface area (Å²) in [6.07, 6.45) is 0. The molecule has 60 heavy (non-hydrogen) atoms. The lowest BCUT2D eigenvalue weighted by Crippen LogP contribution is -2.48. The van der Waals surface area contributed by atoms with Gasteiger partial charge in [-0.15, -0.1) is 0 Å². The highest BCUT2D eigenvalue weighted by Crippen LogP contribution is 2.74. The maximum Gasteiger partial charge on any atom is 0.0436 e. The van der Waals surface area contributed by atoms with Crippen LogP contribution in [0.2, 0.25) is 0 Å². The van der Waals surface area contributed by atoms with Gasteiger partial charge in [-0.05, 0) is 117 Å². The molecule has 0 aliphatic heterocycles. The molecule has 14 rings (SSSR count). The van der Waals surface area contributed by atoms with E-state index in [1.807, 2.05) is 0 Å². The van der Waals surface area contributed by atoms with Gasteiger partial charge in [0.1, 0.15) is 0 Å². The molecule has 0 saturated heterocycles. The zero-order valence-corrected chi connectivity index (χ0v) is 35.6. The van der Waals surface area contributed by atoms with Crippen LogP contribution in [-0.4, -0.2) is 0 Å². The second-order valence-corrected chi connectivity index (χ2v) is 21.4. The molecule has 6 aliphatic carbocycles. The molecule has 0 amide bonds. The Hall–Kier alpha value is -5.90. The third-order valence-electron chi connectivity index (χ3n) is 14.1. The Labute approximate surface area is 356 Å². The van der Waals surface area contributed by atoms with Gasteiger partial charge in [0.05, 0.1) is 0 Å². The van der Waals surface area contributed by atoms with Crippen LogP contribution >= 0.6 is 15.8 Å². The second-order valence-electron chi connectivity index (χ2n) is 17.0. The maximum atomic E-state index is 2.60. The van der Waals surface area contributed by atoms with Crippen molar-refractivity contribution >= 4 is 37.1 Å². The molecule has 8 aromatic rings. The predicted molar refractivity (Wildman–Crippen MR) is 255 cm³/mol. The molecule has 6 aliphatic rings. The Morgan fingerprint density at radius 2 is 0.500 bits per heavy atom. The number of fused-ring (bicyclic) bond motifs is 1. The first-order valence-corrected chi connectivity index (χ1v) is 24.0. The lowest BCUT2D eigenvalue weighted by atomic mass is 9.48. The minimum Gasteiger partial charge on any atom is -0.0622 e. The maximum absolute atomic E-state index is 2.60. The lowest BCUT2D eigenvalue weighted by molar-refractivity contribution is 0.532. The minimum absolute atomic E-state index is 0.101. The van der Waals surface area contributed by atoms with Crippen molar-refractivity contribution in [2.45, 2.75) is 36.5 Å². The highest BCUT2D eigenvalue weighted by Gasteiger charge is 2.60. The Bertz CT molecular complexity index is 2640. The van der Waals surface area contributed by atoms with Crippen molar-refractivity contribution in [3.8, 4) is 0 Å². The van der Waals surface area contributed by atoms with E-state index >= 15 is 0 Å². The highest BCUT2D eigenvalue weighted by atomic mass is 31.1. The molecular formula is C58H44P2. The molecule has 0 spiro atoms. The molecule has 0 N–H and O–H groups in total.